The monoisotopic (exact) mass is 265 g/mol. The van der Waals surface area contributed by atoms with Gasteiger partial charge in [0.1, 0.15) is 0 Å². The fourth-order valence-corrected chi connectivity index (χ4v) is 2.11. The average molecular weight is 266 g/mol. The van der Waals surface area contributed by atoms with Crippen molar-refractivity contribution in [1.29, 1.82) is 0 Å². The van der Waals surface area contributed by atoms with Crippen LogP contribution in [-0.2, 0) is 11.2 Å². The summed E-state index contributed by atoms with van der Waals surface area (Å²) in [7, 11) is 0. The summed E-state index contributed by atoms with van der Waals surface area (Å²) in [6.07, 6.45) is 1.74. The number of carbonyl (C=O) groups is 1. The van der Waals surface area contributed by atoms with Gasteiger partial charge in [0.2, 0.25) is 0 Å². The molecular weight excluding hydrogens is 258 g/mol. The molecule has 0 atom stereocenters. The number of aromatic nitrogens is 1. The molecule has 0 radical (unpaired) electrons. The number of aliphatic carboxylic acids is 1. The van der Waals surface area contributed by atoms with Crippen LogP contribution in [0.5, 0.6) is 0 Å². The zero-order valence-corrected chi connectivity index (χ0v) is 9.36. The Morgan fingerprint density at radius 1 is 1.47 bits per heavy atom. The molecule has 0 spiro atoms. The van der Waals surface area contributed by atoms with E-state index >= 15 is 0 Å². The van der Waals surface area contributed by atoms with Gasteiger partial charge in [-0.15, -0.1) is 0 Å². The fourth-order valence-electron chi connectivity index (χ4n) is 1.48. The molecule has 1 aromatic heterocycles. The molecule has 4 heteroatoms. The van der Waals surface area contributed by atoms with Crippen LogP contribution in [0.2, 0.25) is 0 Å². The van der Waals surface area contributed by atoms with Crippen LogP contribution in [0.1, 0.15) is 5.56 Å². The van der Waals surface area contributed by atoms with Crippen molar-refractivity contribution in [3.63, 3.8) is 0 Å². The largest absolute Gasteiger partial charge is 0.481 e. The van der Waals surface area contributed by atoms with Gasteiger partial charge in [-0.2, -0.15) is 0 Å². The van der Waals surface area contributed by atoms with Crippen LogP contribution in [0.3, 0.4) is 0 Å². The topological polar surface area (TPSA) is 50.2 Å². The molecule has 76 valence electrons. The average Bonchev–Trinajstić information content (AvgIpc) is 2.16. The minimum absolute atomic E-state index is 0.0312. The number of benzene rings is 1. The summed E-state index contributed by atoms with van der Waals surface area (Å²) in [4.78, 5) is 14.8. The minimum atomic E-state index is -0.829. The second kappa shape index (κ2) is 3.98. The number of fused-ring (bicyclic) bond motifs is 1. The van der Waals surface area contributed by atoms with Gasteiger partial charge in [0.25, 0.3) is 0 Å². The Labute approximate surface area is 94.9 Å². The van der Waals surface area contributed by atoms with Crippen molar-refractivity contribution in [1.82, 2.24) is 4.98 Å². The van der Waals surface area contributed by atoms with E-state index < -0.39 is 5.97 Å². The Morgan fingerprint density at radius 3 is 3.00 bits per heavy atom. The van der Waals surface area contributed by atoms with Gasteiger partial charge >= 0.3 is 5.97 Å². The van der Waals surface area contributed by atoms with E-state index in [4.69, 9.17) is 5.11 Å². The molecule has 0 unspecified atom stereocenters. The lowest BCUT2D eigenvalue weighted by atomic mass is 10.1. The predicted molar refractivity (Wildman–Crippen MR) is 60.8 cm³/mol. The SMILES string of the molecule is O=C(O)Cc1cc(Br)c2ncccc2c1. The third kappa shape index (κ3) is 2.15. The molecule has 0 aliphatic heterocycles. The highest BCUT2D eigenvalue weighted by atomic mass is 79.9. The number of hydrogen-bond acceptors (Lipinski definition) is 2. The van der Waals surface area contributed by atoms with Gasteiger partial charge in [-0.05, 0) is 39.7 Å². The van der Waals surface area contributed by atoms with E-state index in [0.29, 0.717) is 0 Å². The van der Waals surface area contributed by atoms with Gasteiger partial charge in [-0.3, -0.25) is 9.78 Å². The first-order chi connectivity index (χ1) is 7.16. The summed E-state index contributed by atoms with van der Waals surface area (Å²) in [6.45, 7) is 0. The Balaban J connectivity index is 2.57. The molecule has 0 fully saturated rings. The molecule has 0 amide bonds. The number of carboxylic acids is 1. The lowest BCUT2D eigenvalue weighted by molar-refractivity contribution is -0.136. The highest BCUT2D eigenvalue weighted by Gasteiger charge is 2.05. The Bertz CT molecular complexity index is 525. The molecule has 0 saturated heterocycles. The molecule has 0 saturated carbocycles. The summed E-state index contributed by atoms with van der Waals surface area (Å²) >= 11 is 3.38. The second-order valence-electron chi connectivity index (χ2n) is 3.22. The summed E-state index contributed by atoms with van der Waals surface area (Å²) < 4.78 is 0.830. The number of nitrogens with zero attached hydrogens (tertiary/aromatic N) is 1. The molecule has 1 N–H and O–H groups in total. The van der Waals surface area contributed by atoms with Crippen molar-refractivity contribution in [3.8, 4) is 0 Å². The number of carboxylic acid groups (broad SMARTS) is 1. The maximum Gasteiger partial charge on any atom is 0.307 e. The second-order valence-corrected chi connectivity index (χ2v) is 4.08. The first-order valence-electron chi connectivity index (χ1n) is 4.42. The van der Waals surface area contributed by atoms with Crippen molar-refractivity contribution in [2.24, 2.45) is 0 Å². The summed E-state index contributed by atoms with van der Waals surface area (Å²) in [6, 6.07) is 7.39. The maximum atomic E-state index is 10.6. The Morgan fingerprint density at radius 2 is 2.27 bits per heavy atom. The molecule has 3 nitrogen and oxygen atoms in total. The summed E-state index contributed by atoms with van der Waals surface area (Å²) in [5, 5.41) is 9.65. The minimum Gasteiger partial charge on any atom is -0.481 e. The van der Waals surface area contributed by atoms with Crippen LogP contribution in [0.25, 0.3) is 10.9 Å². The lowest BCUT2D eigenvalue weighted by Crippen LogP contribution is -2.00. The van der Waals surface area contributed by atoms with Gasteiger partial charge in [0, 0.05) is 16.1 Å². The van der Waals surface area contributed by atoms with E-state index in [2.05, 4.69) is 20.9 Å². The first-order valence-corrected chi connectivity index (χ1v) is 5.21. The maximum absolute atomic E-state index is 10.6. The van der Waals surface area contributed by atoms with Crippen molar-refractivity contribution in [2.45, 2.75) is 6.42 Å². The molecule has 1 heterocycles. The molecular formula is C11H8BrNO2. The Hall–Kier alpha value is -1.42. The summed E-state index contributed by atoms with van der Waals surface area (Å²) in [5.41, 5.74) is 1.63. The third-order valence-electron chi connectivity index (χ3n) is 2.07. The van der Waals surface area contributed by atoms with Crippen molar-refractivity contribution < 1.29 is 9.90 Å². The number of rotatable bonds is 2. The van der Waals surface area contributed by atoms with Gasteiger partial charge in [0.05, 0.1) is 11.9 Å². The van der Waals surface area contributed by atoms with Crippen LogP contribution in [0, 0.1) is 0 Å². The van der Waals surface area contributed by atoms with Crippen molar-refractivity contribution in [3.05, 3.63) is 40.5 Å². The highest BCUT2D eigenvalue weighted by molar-refractivity contribution is 9.10. The van der Waals surface area contributed by atoms with Crippen molar-refractivity contribution >= 4 is 32.8 Å². The van der Waals surface area contributed by atoms with Gasteiger partial charge in [0.15, 0.2) is 0 Å². The van der Waals surface area contributed by atoms with Gasteiger partial charge in [-0.1, -0.05) is 6.07 Å². The number of pyridine rings is 1. The summed E-state index contributed by atoms with van der Waals surface area (Å²) in [5.74, 6) is -0.829. The molecule has 1 aromatic carbocycles. The van der Waals surface area contributed by atoms with Crippen LogP contribution in [-0.4, -0.2) is 16.1 Å². The van der Waals surface area contributed by atoms with E-state index in [1.807, 2.05) is 18.2 Å². The standard InChI is InChI=1S/C11H8BrNO2/c12-9-5-7(6-10(14)15)4-8-2-1-3-13-11(8)9/h1-5H,6H2,(H,14,15). The molecule has 0 aliphatic rings. The van der Waals surface area contributed by atoms with E-state index in [9.17, 15) is 4.79 Å². The third-order valence-corrected chi connectivity index (χ3v) is 2.68. The molecule has 0 bridgehead atoms. The highest BCUT2D eigenvalue weighted by Crippen LogP contribution is 2.23. The Kier molecular flexibility index (Phi) is 2.68. The normalized spacial score (nSPS) is 10.5. The molecule has 15 heavy (non-hydrogen) atoms. The van der Waals surface area contributed by atoms with Crippen LogP contribution >= 0.6 is 15.9 Å². The molecule has 2 rings (SSSR count). The van der Waals surface area contributed by atoms with E-state index in [0.717, 1.165) is 20.9 Å². The van der Waals surface area contributed by atoms with Crippen LogP contribution in [0.4, 0.5) is 0 Å². The van der Waals surface area contributed by atoms with E-state index in [1.54, 1.807) is 12.3 Å². The van der Waals surface area contributed by atoms with Crippen molar-refractivity contribution in [2.75, 3.05) is 0 Å². The zero-order chi connectivity index (χ0) is 10.8. The quantitative estimate of drug-likeness (QED) is 0.908. The smallest absolute Gasteiger partial charge is 0.307 e. The number of halogens is 1. The fraction of sp³-hybridized carbons (Fsp3) is 0.0909. The predicted octanol–water partition coefficient (Wildman–Crippen LogP) is 2.62. The number of hydrogen-bond donors (Lipinski definition) is 1. The van der Waals surface area contributed by atoms with E-state index in [-0.39, 0.29) is 6.42 Å². The van der Waals surface area contributed by atoms with E-state index in [1.165, 1.54) is 0 Å². The zero-order valence-electron chi connectivity index (χ0n) is 7.77. The first kappa shape index (κ1) is 10.1. The van der Waals surface area contributed by atoms with Crippen LogP contribution in [0.15, 0.2) is 34.9 Å². The molecule has 2 aromatic rings. The van der Waals surface area contributed by atoms with Gasteiger partial charge < -0.3 is 5.11 Å². The molecule has 0 aliphatic carbocycles. The van der Waals surface area contributed by atoms with Gasteiger partial charge in [-0.25, -0.2) is 0 Å². The van der Waals surface area contributed by atoms with Crippen LogP contribution < -0.4 is 0 Å². The lowest BCUT2D eigenvalue weighted by Gasteiger charge is -2.03.